The van der Waals surface area contributed by atoms with Gasteiger partial charge in [0.1, 0.15) is 5.82 Å². The summed E-state index contributed by atoms with van der Waals surface area (Å²) in [5.41, 5.74) is 5.73. The first-order valence-corrected chi connectivity index (χ1v) is 13.2. The smallest absolute Gasteiger partial charge is 0.128 e. The minimum absolute atomic E-state index is 0.988. The van der Waals surface area contributed by atoms with Crippen LogP contribution >= 0.6 is 0 Å². The molecule has 2 aliphatic rings. The van der Waals surface area contributed by atoms with Crippen molar-refractivity contribution in [2.45, 2.75) is 51.5 Å². The number of piperidine rings is 1. The summed E-state index contributed by atoms with van der Waals surface area (Å²) >= 11 is 0. The van der Waals surface area contributed by atoms with E-state index in [1.165, 1.54) is 74.7 Å². The van der Waals surface area contributed by atoms with Crippen molar-refractivity contribution < 1.29 is 0 Å². The molecule has 6 nitrogen and oxygen atoms in total. The lowest BCUT2D eigenvalue weighted by atomic mass is 10.0. The van der Waals surface area contributed by atoms with Gasteiger partial charge in [-0.05, 0) is 86.7 Å². The van der Waals surface area contributed by atoms with E-state index in [1.54, 1.807) is 0 Å². The summed E-state index contributed by atoms with van der Waals surface area (Å²) in [5.74, 6) is 1.07. The summed E-state index contributed by atoms with van der Waals surface area (Å²) in [5, 5.41) is 5.81. The number of fused-ring (bicyclic) bond motifs is 1. The number of aromatic nitrogens is 4. The average Bonchev–Trinajstić information content (AvgIpc) is 3.17. The second kappa shape index (κ2) is 10.2. The molecule has 0 bridgehead atoms. The van der Waals surface area contributed by atoms with Gasteiger partial charge < -0.3 is 4.90 Å². The van der Waals surface area contributed by atoms with Gasteiger partial charge in [-0.3, -0.25) is 9.88 Å². The Balaban J connectivity index is 1.22. The van der Waals surface area contributed by atoms with Gasteiger partial charge in [0.25, 0.3) is 0 Å². The highest BCUT2D eigenvalue weighted by Gasteiger charge is 2.14. The number of hydrogen-bond donors (Lipinski definition) is 0. The van der Waals surface area contributed by atoms with Gasteiger partial charge in [0, 0.05) is 43.0 Å². The maximum atomic E-state index is 4.75. The first-order chi connectivity index (χ1) is 17.3. The molecule has 2 aliphatic heterocycles. The summed E-state index contributed by atoms with van der Waals surface area (Å²) < 4.78 is 1.99. The van der Waals surface area contributed by atoms with Crippen LogP contribution in [0, 0.1) is 0 Å². The van der Waals surface area contributed by atoms with Crippen molar-refractivity contribution in [1.82, 2.24) is 24.6 Å². The zero-order valence-corrected chi connectivity index (χ0v) is 20.4. The van der Waals surface area contributed by atoms with E-state index in [9.17, 15) is 0 Å². The van der Waals surface area contributed by atoms with Crippen molar-refractivity contribution in [2.24, 2.45) is 0 Å². The molecule has 0 saturated carbocycles. The first kappa shape index (κ1) is 22.2. The van der Waals surface area contributed by atoms with E-state index in [4.69, 9.17) is 4.98 Å². The van der Waals surface area contributed by atoms with Crippen LogP contribution in [0.1, 0.15) is 50.5 Å². The molecule has 35 heavy (non-hydrogen) atoms. The normalized spacial score (nSPS) is 17.5. The van der Waals surface area contributed by atoms with Crippen LogP contribution in [0.15, 0.2) is 61.2 Å². The van der Waals surface area contributed by atoms with E-state index in [0.717, 1.165) is 42.0 Å². The molecule has 0 atom stereocenters. The molecule has 6 rings (SSSR count). The molecule has 1 aromatic carbocycles. The van der Waals surface area contributed by atoms with Crippen LogP contribution in [0.2, 0.25) is 0 Å². The third-order valence-corrected chi connectivity index (χ3v) is 7.46. The fraction of sp³-hybridized carbons (Fsp3) is 0.414. The molecular formula is C29H34N6. The lowest BCUT2D eigenvalue weighted by Crippen LogP contribution is -2.30. The molecular weight excluding hydrogens is 432 g/mol. The third-order valence-electron chi connectivity index (χ3n) is 7.46. The van der Waals surface area contributed by atoms with Crippen molar-refractivity contribution in [2.75, 3.05) is 31.1 Å². The van der Waals surface area contributed by atoms with Crippen molar-refractivity contribution in [3.8, 4) is 16.8 Å². The molecule has 180 valence electrons. The van der Waals surface area contributed by atoms with Crippen LogP contribution < -0.4 is 4.90 Å². The van der Waals surface area contributed by atoms with Crippen molar-refractivity contribution in [3.05, 3.63) is 66.7 Å². The van der Waals surface area contributed by atoms with E-state index >= 15 is 0 Å². The fourth-order valence-corrected chi connectivity index (χ4v) is 5.52. The standard InChI is InChI=1S/C29H34N6/c1-2-5-13-33(12-4-1)22-23-16-25(19-30-18-23)24-8-10-28-26(17-24)20-32-35(28)27-9-11-29(31-21-27)34-14-6-3-7-15-34/h8-11,16-21H,1-7,12-15,22H2. The molecule has 0 spiro atoms. The van der Waals surface area contributed by atoms with Gasteiger partial charge in [-0.15, -0.1) is 0 Å². The van der Waals surface area contributed by atoms with Crippen LogP contribution in [0.3, 0.4) is 0 Å². The number of hydrogen-bond acceptors (Lipinski definition) is 5. The van der Waals surface area contributed by atoms with E-state index in [1.807, 2.05) is 29.5 Å². The largest absolute Gasteiger partial charge is 0.357 e. The van der Waals surface area contributed by atoms with E-state index in [0.29, 0.717) is 0 Å². The van der Waals surface area contributed by atoms with Gasteiger partial charge in [0.15, 0.2) is 0 Å². The Morgan fingerprint density at radius 3 is 2.29 bits per heavy atom. The number of likely N-dealkylation sites (tertiary alicyclic amines) is 1. The summed E-state index contributed by atoms with van der Waals surface area (Å²) in [6.45, 7) is 5.59. The van der Waals surface area contributed by atoms with Crippen molar-refractivity contribution >= 4 is 16.7 Å². The molecule has 5 heterocycles. The highest BCUT2D eigenvalue weighted by Crippen LogP contribution is 2.27. The summed E-state index contributed by atoms with van der Waals surface area (Å²) in [4.78, 5) is 14.3. The predicted molar refractivity (Wildman–Crippen MR) is 142 cm³/mol. The van der Waals surface area contributed by atoms with Gasteiger partial charge >= 0.3 is 0 Å². The monoisotopic (exact) mass is 466 g/mol. The Kier molecular flexibility index (Phi) is 6.45. The highest BCUT2D eigenvalue weighted by atomic mass is 15.3. The van der Waals surface area contributed by atoms with Crippen LogP contribution in [0.4, 0.5) is 5.82 Å². The second-order valence-corrected chi connectivity index (χ2v) is 10.0. The number of nitrogens with zero attached hydrogens (tertiary/aromatic N) is 6. The van der Waals surface area contributed by atoms with Crippen LogP contribution in [0.5, 0.6) is 0 Å². The van der Waals surface area contributed by atoms with Crippen LogP contribution in [0.25, 0.3) is 27.7 Å². The summed E-state index contributed by atoms with van der Waals surface area (Å²) in [6, 6.07) is 13.1. The zero-order chi connectivity index (χ0) is 23.5. The van der Waals surface area contributed by atoms with E-state index < -0.39 is 0 Å². The van der Waals surface area contributed by atoms with Crippen molar-refractivity contribution in [1.29, 1.82) is 0 Å². The molecule has 6 heteroatoms. The Hall–Kier alpha value is -3.25. The summed E-state index contributed by atoms with van der Waals surface area (Å²) in [7, 11) is 0. The zero-order valence-electron chi connectivity index (χ0n) is 20.4. The number of rotatable bonds is 5. The Labute approximate surface area is 207 Å². The number of pyridine rings is 2. The van der Waals surface area contributed by atoms with E-state index in [2.05, 4.69) is 56.3 Å². The molecule has 0 radical (unpaired) electrons. The topological polar surface area (TPSA) is 50.1 Å². The fourth-order valence-electron chi connectivity index (χ4n) is 5.52. The quantitative estimate of drug-likeness (QED) is 0.369. The Bertz CT molecular complexity index is 1260. The van der Waals surface area contributed by atoms with Gasteiger partial charge in [0.2, 0.25) is 0 Å². The maximum Gasteiger partial charge on any atom is 0.128 e. The Morgan fingerprint density at radius 1 is 0.686 bits per heavy atom. The SMILES string of the molecule is c1ncc(-c2ccc3c(cnn3-c3ccc(N4CCCCC4)nc3)c2)cc1CN1CCCCCC1. The number of benzene rings is 1. The lowest BCUT2D eigenvalue weighted by Gasteiger charge is -2.27. The molecule has 2 saturated heterocycles. The van der Waals surface area contributed by atoms with Crippen LogP contribution in [-0.4, -0.2) is 50.8 Å². The molecule has 4 aromatic rings. The minimum Gasteiger partial charge on any atom is -0.357 e. The van der Waals surface area contributed by atoms with Gasteiger partial charge in [-0.2, -0.15) is 5.10 Å². The molecule has 3 aromatic heterocycles. The van der Waals surface area contributed by atoms with Gasteiger partial charge in [-0.25, -0.2) is 9.67 Å². The summed E-state index contributed by atoms with van der Waals surface area (Å²) in [6.07, 6.45) is 17.1. The first-order valence-electron chi connectivity index (χ1n) is 13.2. The molecule has 0 aliphatic carbocycles. The minimum atomic E-state index is 0.988. The highest BCUT2D eigenvalue weighted by molar-refractivity contribution is 5.85. The van der Waals surface area contributed by atoms with Gasteiger partial charge in [-0.1, -0.05) is 18.9 Å². The third kappa shape index (κ3) is 4.94. The van der Waals surface area contributed by atoms with Gasteiger partial charge in [0.05, 0.1) is 23.6 Å². The molecule has 0 unspecified atom stereocenters. The average molecular weight is 467 g/mol. The predicted octanol–water partition coefficient (Wildman–Crippen LogP) is 5.85. The maximum absolute atomic E-state index is 4.75. The molecule has 0 N–H and O–H groups in total. The second-order valence-electron chi connectivity index (χ2n) is 10.0. The number of anilines is 1. The van der Waals surface area contributed by atoms with Crippen molar-refractivity contribution in [3.63, 3.8) is 0 Å². The molecule has 2 fully saturated rings. The Morgan fingerprint density at radius 2 is 1.49 bits per heavy atom. The lowest BCUT2D eigenvalue weighted by molar-refractivity contribution is 0.277. The van der Waals surface area contributed by atoms with Crippen LogP contribution in [-0.2, 0) is 6.54 Å². The molecule has 0 amide bonds. The van der Waals surface area contributed by atoms with E-state index in [-0.39, 0.29) is 0 Å².